The maximum absolute atomic E-state index is 13.9. The standard InChI is InChI=1S/C18H22FNO/c1-21-15-18(19)14-20(12-16-8-4-2-5-9-16)13-17-10-6-3-7-11-17/h2-11,18H,12-15H2,1H3/t18-/m1/s1. The summed E-state index contributed by atoms with van der Waals surface area (Å²) >= 11 is 0. The normalized spacial score (nSPS) is 12.5. The van der Waals surface area contributed by atoms with Crippen LogP contribution in [-0.4, -0.2) is 31.3 Å². The average Bonchev–Trinajstić information content (AvgIpc) is 2.49. The van der Waals surface area contributed by atoms with Gasteiger partial charge in [-0.05, 0) is 11.1 Å². The Morgan fingerprint density at radius 3 is 1.81 bits per heavy atom. The highest BCUT2D eigenvalue weighted by Gasteiger charge is 2.14. The Morgan fingerprint density at radius 1 is 0.905 bits per heavy atom. The van der Waals surface area contributed by atoms with Gasteiger partial charge in [0, 0.05) is 26.7 Å². The highest BCUT2D eigenvalue weighted by molar-refractivity contribution is 5.17. The molecule has 2 aromatic rings. The first-order valence-corrected chi connectivity index (χ1v) is 7.21. The number of alkyl halides is 1. The molecule has 0 saturated heterocycles. The lowest BCUT2D eigenvalue weighted by Gasteiger charge is -2.24. The van der Waals surface area contributed by atoms with E-state index in [2.05, 4.69) is 29.2 Å². The van der Waals surface area contributed by atoms with Crippen LogP contribution in [0.2, 0.25) is 0 Å². The lowest BCUT2D eigenvalue weighted by Crippen LogP contribution is -2.31. The van der Waals surface area contributed by atoms with E-state index in [9.17, 15) is 4.39 Å². The van der Waals surface area contributed by atoms with Crippen LogP contribution in [0.25, 0.3) is 0 Å². The topological polar surface area (TPSA) is 12.5 Å². The average molecular weight is 287 g/mol. The smallest absolute Gasteiger partial charge is 0.136 e. The summed E-state index contributed by atoms with van der Waals surface area (Å²) in [4.78, 5) is 2.12. The molecule has 0 amide bonds. The number of ether oxygens (including phenoxy) is 1. The molecule has 3 heteroatoms. The van der Waals surface area contributed by atoms with Gasteiger partial charge in [-0.15, -0.1) is 0 Å². The van der Waals surface area contributed by atoms with Crippen molar-refractivity contribution < 1.29 is 9.13 Å². The molecule has 0 aliphatic rings. The van der Waals surface area contributed by atoms with Gasteiger partial charge in [-0.2, -0.15) is 0 Å². The Hall–Kier alpha value is -1.71. The number of hydrogen-bond acceptors (Lipinski definition) is 2. The van der Waals surface area contributed by atoms with Gasteiger partial charge in [-0.25, -0.2) is 4.39 Å². The molecule has 0 aliphatic carbocycles. The van der Waals surface area contributed by atoms with E-state index in [1.54, 1.807) is 0 Å². The minimum absolute atomic E-state index is 0.139. The molecule has 2 rings (SSSR count). The lowest BCUT2D eigenvalue weighted by atomic mass is 10.1. The summed E-state index contributed by atoms with van der Waals surface area (Å²) in [7, 11) is 1.53. The third kappa shape index (κ3) is 5.66. The summed E-state index contributed by atoms with van der Waals surface area (Å²) in [5, 5.41) is 0. The second-order valence-corrected chi connectivity index (χ2v) is 5.19. The van der Waals surface area contributed by atoms with Crippen LogP contribution in [0.1, 0.15) is 11.1 Å². The van der Waals surface area contributed by atoms with Crippen LogP contribution < -0.4 is 0 Å². The van der Waals surface area contributed by atoms with Crippen molar-refractivity contribution in [2.75, 3.05) is 20.3 Å². The number of hydrogen-bond donors (Lipinski definition) is 0. The monoisotopic (exact) mass is 287 g/mol. The maximum Gasteiger partial charge on any atom is 0.136 e. The molecule has 21 heavy (non-hydrogen) atoms. The number of rotatable bonds is 8. The van der Waals surface area contributed by atoms with Gasteiger partial charge in [0.15, 0.2) is 0 Å². The van der Waals surface area contributed by atoms with E-state index in [0.29, 0.717) is 6.54 Å². The van der Waals surface area contributed by atoms with E-state index in [0.717, 1.165) is 13.1 Å². The van der Waals surface area contributed by atoms with Crippen molar-refractivity contribution in [2.24, 2.45) is 0 Å². The fourth-order valence-corrected chi connectivity index (χ4v) is 2.38. The van der Waals surface area contributed by atoms with E-state index in [4.69, 9.17) is 4.74 Å². The predicted octanol–water partition coefficient (Wildman–Crippen LogP) is 3.67. The van der Waals surface area contributed by atoms with E-state index in [1.165, 1.54) is 18.2 Å². The van der Waals surface area contributed by atoms with E-state index < -0.39 is 6.17 Å². The van der Waals surface area contributed by atoms with Gasteiger partial charge in [0.25, 0.3) is 0 Å². The molecule has 2 nitrogen and oxygen atoms in total. The molecule has 1 atom stereocenters. The molecule has 0 saturated carbocycles. The Morgan fingerprint density at radius 2 is 1.38 bits per heavy atom. The molecule has 0 aromatic heterocycles. The summed E-state index contributed by atoms with van der Waals surface area (Å²) in [6.45, 7) is 1.98. The summed E-state index contributed by atoms with van der Waals surface area (Å²) < 4.78 is 18.8. The molecule has 0 spiro atoms. The van der Waals surface area contributed by atoms with Gasteiger partial charge in [0.1, 0.15) is 6.17 Å². The van der Waals surface area contributed by atoms with Crippen molar-refractivity contribution in [1.82, 2.24) is 4.90 Å². The van der Waals surface area contributed by atoms with E-state index >= 15 is 0 Å². The number of nitrogens with zero attached hydrogens (tertiary/aromatic N) is 1. The fourth-order valence-electron chi connectivity index (χ4n) is 2.38. The highest BCUT2D eigenvalue weighted by atomic mass is 19.1. The molecule has 0 aliphatic heterocycles. The summed E-state index contributed by atoms with van der Waals surface area (Å²) in [5.74, 6) is 0. The van der Waals surface area contributed by atoms with Gasteiger partial charge >= 0.3 is 0 Å². The molecule has 112 valence electrons. The van der Waals surface area contributed by atoms with E-state index in [1.807, 2.05) is 36.4 Å². The summed E-state index contributed by atoms with van der Waals surface area (Å²) in [6, 6.07) is 20.3. The van der Waals surface area contributed by atoms with Gasteiger partial charge in [-0.3, -0.25) is 4.90 Å². The van der Waals surface area contributed by atoms with Gasteiger partial charge in [-0.1, -0.05) is 60.7 Å². The zero-order chi connectivity index (χ0) is 14.9. The van der Waals surface area contributed by atoms with Gasteiger partial charge < -0.3 is 4.74 Å². The first-order chi connectivity index (χ1) is 10.3. The van der Waals surface area contributed by atoms with Crippen molar-refractivity contribution >= 4 is 0 Å². The molecule has 0 bridgehead atoms. The molecule has 0 fully saturated rings. The van der Waals surface area contributed by atoms with Crippen LogP contribution in [0.15, 0.2) is 60.7 Å². The summed E-state index contributed by atoms with van der Waals surface area (Å²) in [6.07, 6.45) is -0.970. The third-order valence-corrected chi connectivity index (χ3v) is 3.30. The van der Waals surface area contributed by atoms with Gasteiger partial charge in [0.05, 0.1) is 6.61 Å². The predicted molar refractivity (Wildman–Crippen MR) is 83.8 cm³/mol. The Kier molecular flexibility index (Phi) is 6.38. The zero-order valence-electron chi connectivity index (χ0n) is 12.4. The molecule has 0 heterocycles. The number of halogens is 1. The molecular formula is C18H22FNO. The lowest BCUT2D eigenvalue weighted by molar-refractivity contribution is 0.0882. The minimum Gasteiger partial charge on any atom is -0.382 e. The van der Waals surface area contributed by atoms with Crippen LogP contribution in [-0.2, 0) is 17.8 Å². The van der Waals surface area contributed by atoms with Crippen LogP contribution in [0.5, 0.6) is 0 Å². The SMILES string of the molecule is COC[C@H](F)CN(Cc1ccccc1)Cc1ccccc1. The van der Waals surface area contributed by atoms with Crippen molar-refractivity contribution in [3.8, 4) is 0 Å². The van der Waals surface area contributed by atoms with E-state index in [-0.39, 0.29) is 6.61 Å². The molecule has 0 unspecified atom stereocenters. The zero-order valence-corrected chi connectivity index (χ0v) is 12.4. The van der Waals surface area contributed by atoms with Gasteiger partial charge in [0.2, 0.25) is 0 Å². The molecule has 2 aromatic carbocycles. The van der Waals surface area contributed by atoms with Crippen molar-refractivity contribution in [1.29, 1.82) is 0 Å². The second-order valence-electron chi connectivity index (χ2n) is 5.19. The van der Waals surface area contributed by atoms with Crippen molar-refractivity contribution in [2.45, 2.75) is 19.3 Å². The highest BCUT2D eigenvalue weighted by Crippen LogP contribution is 2.11. The first kappa shape index (κ1) is 15.7. The fraction of sp³-hybridized carbons (Fsp3) is 0.333. The van der Waals surface area contributed by atoms with Crippen LogP contribution in [0.3, 0.4) is 0 Å². The Bertz CT molecular complexity index is 462. The quantitative estimate of drug-likeness (QED) is 0.734. The number of methoxy groups -OCH3 is 1. The minimum atomic E-state index is -0.970. The molecular weight excluding hydrogens is 265 g/mol. The number of benzene rings is 2. The third-order valence-electron chi connectivity index (χ3n) is 3.30. The Balaban J connectivity index is 2.02. The van der Waals surface area contributed by atoms with Crippen LogP contribution in [0, 0.1) is 0 Å². The maximum atomic E-state index is 13.9. The van der Waals surface area contributed by atoms with Crippen molar-refractivity contribution in [3.05, 3.63) is 71.8 Å². The molecule has 0 radical (unpaired) electrons. The van der Waals surface area contributed by atoms with Crippen molar-refractivity contribution in [3.63, 3.8) is 0 Å². The molecule has 0 N–H and O–H groups in total. The second kappa shape index (κ2) is 8.55. The first-order valence-electron chi connectivity index (χ1n) is 7.21. The summed E-state index contributed by atoms with van der Waals surface area (Å²) in [5.41, 5.74) is 2.39. The van der Waals surface area contributed by atoms with Crippen LogP contribution in [0.4, 0.5) is 4.39 Å². The largest absolute Gasteiger partial charge is 0.382 e. The van der Waals surface area contributed by atoms with Crippen LogP contribution >= 0.6 is 0 Å². The Labute approximate surface area is 126 Å².